The number of nitrogens with one attached hydrogen (secondary N) is 1. The van der Waals surface area contributed by atoms with Crippen LogP contribution in [-0.2, 0) is 12.8 Å². The third-order valence-corrected chi connectivity index (χ3v) is 5.04. The highest BCUT2D eigenvalue weighted by Crippen LogP contribution is 2.36. The Hall–Kier alpha value is -2.14. The minimum atomic E-state index is 0.378. The number of nitrogens with two attached hydrogens (primary N) is 1. The Bertz CT molecular complexity index is 727. The predicted octanol–water partition coefficient (Wildman–Crippen LogP) is 2.01. The highest BCUT2D eigenvalue weighted by Gasteiger charge is 2.27. The second-order valence-electron chi connectivity index (χ2n) is 6.46. The van der Waals surface area contributed by atoms with Gasteiger partial charge >= 0.3 is 0 Å². The molecule has 120 valence electrons. The van der Waals surface area contributed by atoms with Crippen LogP contribution >= 0.6 is 0 Å². The highest BCUT2D eigenvalue weighted by molar-refractivity contribution is 5.74. The molecule has 0 spiro atoms. The number of anilines is 2. The van der Waals surface area contributed by atoms with Gasteiger partial charge in [0.2, 0.25) is 5.95 Å². The molecule has 1 saturated heterocycles. The van der Waals surface area contributed by atoms with E-state index in [1.54, 1.807) is 0 Å². The molecule has 1 aliphatic carbocycles. The molecule has 1 atom stereocenters. The number of fused-ring (bicyclic) bond motifs is 3. The van der Waals surface area contributed by atoms with E-state index >= 15 is 0 Å². The SMILES string of the molecule is CN[C@@H]1CCN(c2nc(N)nc3c2CCCc2ccccc2-3)C1. The normalized spacial score (nSPS) is 20.0. The lowest BCUT2D eigenvalue weighted by molar-refractivity contribution is 0.616. The van der Waals surface area contributed by atoms with E-state index in [1.807, 2.05) is 7.05 Å². The molecule has 0 bridgehead atoms. The van der Waals surface area contributed by atoms with Crippen molar-refractivity contribution in [2.45, 2.75) is 31.7 Å². The molecule has 0 saturated carbocycles. The van der Waals surface area contributed by atoms with Gasteiger partial charge in [0, 0.05) is 30.3 Å². The summed E-state index contributed by atoms with van der Waals surface area (Å²) in [7, 11) is 2.03. The van der Waals surface area contributed by atoms with Gasteiger partial charge in [0.15, 0.2) is 0 Å². The first kappa shape index (κ1) is 14.5. The molecule has 1 fully saturated rings. The summed E-state index contributed by atoms with van der Waals surface area (Å²) >= 11 is 0. The summed E-state index contributed by atoms with van der Waals surface area (Å²) in [5, 5.41) is 3.37. The Labute approximate surface area is 136 Å². The Morgan fingerprint density at radius 2 is 2.09 bits per heavy atom. The minimum Gasteiger partial charge on any atom is -0.368 e. The molecule has 4 rings (SSSR count). The first-order valence-corrected chi connectivity index (χ1v) is 8.43. The van der Waals surface area contributed by atoms with Crippen molar-refractivity contribution < 1.29 is 0 Å². The smallest absolute Gasteiger partial charge is 0.222 e. The molecular formula is C18H23N5. The molecule has 0 unspecified atom stereocenters. The van der Waals surface area contributed by atoms with E-state index in [0.717, 1.165) is 50.3 Å². The fourth-order valence-electron chi connectivity index (χ4n) is 3.82. The van der Waals surface area contributed by atoms with Crippen molar-refractivity contribution >= 4 is 11.8 Å². The van der Waals surface area contributed by atoms with Crippen LogP contribution in [0.4, 0.5) is 11.8 Å². The maximum absolute atomic E-state index is 6.06. The van der Waals surface area contributed by atoms with Gasteiger partial charge in [-0.05, 0) is 38.3 Å². The fraction of sp³-hybridized carbons (Fsp3) is 0.444. The van der Waals surface area contributed by atoms with Crippen LogP contribution in [-0.4, -0.2) is 36.1 Å². The molecule has 2 heterocycles. The maximum atomic E-state index is 6.06. The van der Waals surface area contributed by atoms with Crippen molar-refractivity contribution in [2.24, 2.45) is 0 Å². The molecule has 2 aromatic rings. The Kier molecular flexibility index (Phi) is 3.65. The van der Waals surface area contributed by atoms with Crippen LogP contribution in [0, 0.1) is 0 Å². The average Bonchev–Trinajstić information content (AvgIpc) is 2.97. The van der Waals surface area contributed by atoms with Crippen molar-refractivity contribution in [3.63, 3.8) is 0 Å². The van der Waals surface area contributed by atoms with Gasteiger partial charge in [-0.2, -0.15) is 4.98 Å². The third-order valence-electron chi connectivity index (χ3n) is 5.04. The fourth-order valence-corrected chi connectivity index (χ4v) is 3.82. The van der Waals surface area contributed by atoms with E-state index in [-0.39, 0.29) is 0 Å². The van der Waals surface area contributed by atoms with Crippen LogP contribution in [0.2, 0.25) is 0 Å². The zero-order valence-corrected chi connectivity index (χ0v) is 13.5. The van der Waals surface area contributed by atoms with E-state index in [0.29, 0.717) is 12.0 Å². The second-order valence-corrected chi connectivity index (χ2v) is 6.46. The first-order chi connectivity index (χ1) is 11.3. The number of nitrogens with zero attached hydrogens (tertiary/aromatic N) is 3. The average molecular weight is 309 g/mol. The molecule has 0 radical (unpaired) electrons. The van der Waals surface area contributed by atoms with Gasteiger partial charge in [-0.3, -0.25) is 0 Å². The number of nitrogen functional groups attached to an aromatic ring is 1. The number of rotatable bonds is 2. The van der Waals surface area contributed by atoms with Crippen LogP contribution < -0.4 is 16.0 Å². The molecule has 2 aliphatic rings. The van der Waals surface area contributed by atoms with Gasteiger partial charge < -0.3 is 16.0 Å². The van der Waals surface area contributed by atoms with Crippen LogP contribution in [0.3, 0.4) is 0 Å². The first-order valence-electron chi connectivity index (χ1n) is 8.43. The van der Waals surface area contributed by atoms with Crippen LogP contribution in [0.5, 0.6) is 0 Å². The molecule has 3 N–H and O–H groups in total. The number of benzene rings is 1. The topological polar surface area (TPSA) is 67.1 Å². The van der Waals surface area contributed by atoms with Crippen molar-refractivity contribution in [1.29, 1.82) is 0 Å². The van der Waals surface area contributed by atoms with Gasteiger partial charge in [-0.25, -0.2) is 4.98 Å². The van der Waals surface area contributed by atoms with Gasteiger partial charge in [0.05, 0.1) is 5.69 Å². The zero-order valence-electron chi connectivity index (χ0n) is 13.5. The molecular weight excluding hydrogens is 286 g/mol. The second kappa shape index (κ2) is 5.81. The largest absolute Gasteiger partial charge is 0.368 e. The summed E-state index contributed by atoms with van der Waals surface area (Å²) in [6, 6.07) is 9.08. The van der Waals surface area contributed by atoms with E-state index in [1.165, 1.54) is 16.7 Å². The van der Waals surface area contributed by atoms with Crippen molar-refractivity contribution in [3.8, 4) is 11.3 Å². The Morgan fingerprint density at radius 1 is 1.22 bits per heavy atom. The Balaban J connectivity index is 1.83. The van der Waals surface area contributed by atoms with Gasteiger partial charge in [-0.1, -0.05) is 24.3 Å². The molecule has 1 aromatic heterocycles. The lowest BCUT2D eigenvalue weighted by Gasteiger charge is -2.22. The number of aryl methyl sites for hydroxylation is 1. The lowest BCUT2D eigenvalue weighted by atomic mass is 10.0. The summed E-state index contributed by atoms with van der Waals surface area (Å²) in [6.07, 6.45) is 4.38. The number of hydrogen-bond donors (Lipinski definition) is 2. The monoisotopic (exact) mass is 309 g/mol. The van der Waals surface area contributed by atoms with Gasteiger partial charge in [-0.15, -0.1) is 0 Å². The molecule has 5 heteroatoms. The summed E-state index contributed by atoms with van der Waals surface area (Å²) in [4.78, 5) is 11.6. The molecule has 5 nitrogen and oxygen atoms in total. The summed E-state index contributed by atoms with van der Waals surface area (Å²) in [5.74, 6) is 1.42. The van der Waals surface area contributed by atoms with Crippen molar-refractivity contribution in [2.75, 3.05) is 30.8 Å². The molecule has 23 heavy (non-hydrogen) atoms. The number of likely N-dealkylation sites (N-methyl/N-ethyl adjacent to an activating group) is 1. The maximum Gasteiger partial charge on any atom is 0.222 e. The van der Waals surface area contributed by atoms with E-state index in [4.69, 9.17) is 5.73 Å². The molecule has 0 amide bonds. The van der Waals surface area contributed by atoms with E-state index in [9.17, 15) is 0 Å². The third kappa shape index (κ3) is 2.55. The predicted molar refractivity (Wildman–Crippen MR) is 93.6 cm³/mol. The lowest BCUT2D eigenvalue weighted by Crippen LogP contribution is -2.30. The summed E-state index contributed by atoms with van der Waals surface area (Å²) in [5.41, 5.74) is 10.9. The summed E-state index contributed by atoms with van der Waals surface area (Å²) < 4.78 is 0. The number of aromatic nitrogens is 2. The standard InChI is InChI=1S/C18H23N5/c1-20-13-9-10-23(11-13)17-15-8-4-6-12-5-2-3-7-14(12)16(15)21-18(19)22-17/h2-3,5,7,13,20H,4,6,8-11H2,1H3,(H2,19,21,22)/t13-/m1/s1. The Morgan fingerprint density at radius 3 is 2.91 bits per heavy atom. The minimum absolute atomic E-state index is 0.378. The molecule has 1 aliphatic heterocycles. The van der Waals surface area contributed by atoms with Crippen LogP contribution in [0.15, 0.2) is 24.3 Å². The van der Waals surface area contributed by atoms with Crippen molar-refractivity contribution in [3.05, 3.63) is 35.4 Å². The number of hydrogen-bond acceptors (Lipinski definition) is 5. The quantitative estimate of drug-likeness (QED) is 0.888. The van der Waals surface area contributed by atoms with Crippen molar-refractivity contribution in [1.82, 2.24) is 15.3 Å². The highest BCUT2D eigenvalue weighted by atomic mass is 15.2. The summed E-state index contributed by atoms with van der Waals surface area (Å²) in [6.45, 7) is 2.01. The zero-order chi connectivity index (χ0) is 15.8. The van der Waals surface area contributed by atoms with Gasteiger partial charge in [0.1, 0.15) is 5.82 Å². The van der Waals surface area contributed by atoms with Gasteiger partial charge in [0.25, 0.3) is 0 Å². The van der Waals surface area contributed by atoms with Crippen LogP contribution in [0.25, 0.3) is 11.3 Å². The molecule has 1 aromatic carbocycles. The van der Waals surface area contributed by atoms with E-state index < -0.39 is 0 Å². The van der Waals surface area contributed by atoms with Crippen LogP contribution in [0.1, 0.15) is 24.0 Å². The van der Waals surface area contributed by atoms with E-state index in [2.05, 4.69) is 44.5 Å².